The van der Waals surface area contributed by atoms with Crippen LogP contribution in [0.25, 0.3) is 0 Å². The zero-order valence-corrected chi connectivity index (χ0v) is 11.7. The molecule has 1 aromatic heterocycles. The van der Waals surface area contributed by atoms with Gasteiger partial charge in [0.25, 0.3) is 0 Å². The Morgan fingerprint density at radius 2 is 1.82 bits per heavy atom. The Morgan fingerprint density at radius 1 is 1.06 bits per heavy atom. The van der Waals surface area contributed by atoms with Gasteiger partial charge in [-0.15, -0.1) is 0 Å². The van der Waals surface area contributed by atoms with E-state index >= 15 is 0 Å². The molecule has 1 heterocycles. The minimum Gasteiger partial charge on any atom is -0.309 e. The van der Waals surface area contributed by atoms with Crippen molar-refractivity contribution < 1.29 is 0 Å². The van der Waals surface area contributed by atoms with E-state index in [0.29, 0.717) is 0 Å². The number of benzene rings is 1. The van der Waals surface area contributed by atoms with Crippen molar-refractivity contribution in [3.8, 4) is 0 Å². The molecular formula is C14H16ClNS. The SMILES string of the molecule is Cc1cc(Cl)ccc1CNCc1cscc1C. The molecule has 2 aromatic rings. The van der Waals surface area contributed by atoms with Crippen LogP contribution >= 0.6 is 22.9 Å². The van der Waals surface area contributed by atoms with Crippen molar-refractivity contribution in [2.45, 2.75) is 26.9 Å². The molecule has 0 spiro atoms. The fourth-order valence-corrected chi connectivity index (χ4v) is 2.84. The van der Waals surface area contributed by atoms with Crippen LogP contribution in [-0.4, -0.2) is 0 Å². The number of nitrogens with one attached hydrogen (secondary N) is 1. The molecule has 0 aliphatic rings. The standard InChI is InChI=1S/C14H16ClNS/c1-10-5-14(15)4-3-12(10)6-16-7-13-9-17-8-11(13)2/h3-5,8-9,16H,6-7H2,1-2H3. The van der Waals surface area contributed by atoms with Crippen molar-refractivity contribution in [1.82, 2.24) is 5.32 Å². The highest BCUT2D eigenvalue weighted by Gasteiger charge is 2.01. The van der Waals surface area contributed by atoms with Gasteiger partial charge in [0, 0.05) is 18.1 Å². The van der Waals surface area contributed by atoms with E-state index in [2.05, 4.69) is 36.0 Å². The normalized spacial score (nSPS) is 10.8. The lowest BCUT2D eigenvalue weighted by molar-refractivity contribution is 0.690. The van der Waals surface area contributed by atoms with E-state index in [0.717, 1.165) is 18.1 Å². The predicted molar refractivity (Wildman–Crippen MR) is 75.8 cm³/mol. The average Bonchev–Trinajstić information content (AvgIpc) is 2.68. The molecule has 2 rings (SSSR count). The number of hydrogen-bond acceptors (Lipinski definition) is 2. The van der Waals surface area contributed by atoms with E-state index in [1.165, 1.54) is 22.3 Å². The van der Waals surface area contributed by atoms with Gasteiger partial charge < -0.3 is 5.32 Å². The summed E-state index contributed by atoms with van der Waals surface area (Å²) >= 11 is 7.69. The van der Waals surface area contributed by atoms with E-state index in [4.69, 9.17) is 11.6 Å². The highest BCUT2D eigenvalue weighted by atomic mass is 35.5. The quantitative estimate of drug-likeness (QED) is 0.869. The zero-order valence-electron chi connectivity index (χ0n) is 10.1. The van der Waals surface area contributed by atoms with E-state index in [1.807, 2.05) is 12.1 Å². The van der Waals surface area contributed by atoms with Gasteiger partial charge in [-0.1, -0.05) is 17.7 Å². The third-order valence-corrected chi connectivity index (χ3v) is 4.04. The molecule has 0 unspecified atom stereocenters. The van der Waals surface area contributed by atoms with Gasteiger partial charge in [0.05, 0.1) is 0 Å². The van der Waals surface area contributed by atoms with Gasteiger partial charge in [0.2, 0.25) is 0 Å². The molecule has 3 heteroatoms. The molecule has 17 heavy (non-hydrogen) atoms. The topological polar surface area (TPSA) is 12.0 Å². The molecule has 0 fully saturated rings. The van der Waals surface area contributed by atoms with Crippen molar-refractivity contribution in [2.24, 2.45) is 0 Å². The Bertz CT molecular complexity index is 505. The summed E-state index contributed by atoms with van der Waals surface area (Å²) in [4.78, 5) is 0. The van der Waals surface area contributed by atoms with Crippen LogP contribution in [0.1, 0.15) is 22.3 Å². The third-order valence-electron chi connectivity index (χ3n) is 2.90. The summed E-state index contributed by atoms with van der Waals surface area (Å²) in [6.07, 6.45) is 0. The van der Waals surface area contributed by atoms with Crippen molar-refractivity contribution in [1.29, 1.82) is 0 Å². The molecule has 90 valence electrons. The molecule has 0 radical (unpaired) electrons. The fraction of sp³-hybridized carbons (Fsp3) is 0.286. The summed E-state index contributed by atoms with van der Waals surface area (Å²) in [5, 5.41) is 8.66. The van der Waals surface area contributed by atoms with E-state index < -0.39 is 0 Å². The van der Waals surface area contributed by atoms with E-state index in [9.17, 15) is 0 Å². The van der Waals surface area contributed by atoms with Gasteiger partial charge in [-0.05, 0) is 59.0 Å². The van der Waals surface area contributed by atoms with Gasteiger partial charge in [-0.2, -0.15) is 11.3 Å². The maximum absolute atomic E-state index is 5.93. The highest BCUT2D eigenvalue weighted by molar-refractivity contribution is 7.08. The summed E-state index contributed by atoms with van der Waals surface area (Å²) in [5.41, 5.74) is 5.31. The highest BCUT2D eigenvalue weighted by Crippen LogP contribution is 2.16. The zero-order chi connectivity index (χ0) is 12.3. The fourth-order valence-electron chi connectivity index (χ4n) is 1.76. The third kappa shape index (κ3) is 3.32. The van der Waals surface area contributed by atoms with Crippen molar-refractivity contribution in [3.63, 3.8) is 0 Å². The lowest BCUT2D eigenvalue weighted by Gasteiger charge is -2.08. The summed E-state index contributed by atoms with van der Waals surface area (Å²) in [7, 11) is 0. The van der Waals surface area contributed by atoms with Gasteiger partial charge in [-0.25, -0.2) is 0 Å². The number of hydrogen-bond donors (Lipinski definition) is 1. The Morgan fingerprint density at radius 3 is 2.47 bits per heavy atom. The molecule has 0 atom stereocenters. The predicted octanol–water partition coefficient (Wildman–Crippen LogP) is 4.31. The monoisotopic (exact) mass is 265 g/mol. The molecule has 0 aliphatic carbocycles. The molecule has 1 N–H and O–H groups in total. The Balaban J connectivity index is 1.92. The second-order valence-corrected chi connectivity index (χ2v) is 5.43. The second-order valence-electron chi connectivity index (χ2n) is 4.25. The number of halogens is 1. The van der Waals surface area contributed by atoms with Crippen molar-refractivity contribution >= 4 is 22.9 Å². The van der Waals surface area contributed by atoms with Crippen LogP contribution in [0.4, 0.5) is 0 Å². The molecule has 1 aromatic carbocycles. The number of thiophene rings is 1. The maximum atomic E-state index is 5.93. The first kappa shape index (κ1) is 12.6. The molecule has 0 bridgehead atoms. The van der Waals surface area contributed by atoms with Crippen LogP contribution < -0.4 is 5.32 Å². The van der Waals surface area contributed by atoms with Crippen LogP contribution in [0.3, 0.4) is 0 Å². The first-order valence-corrected chi connectivity index (χ1v) is 6.96. The van der Waals surface area contributed by atoms with Gasteiger partial charge in [0.1, 0.15) is 0 Å². The van der Waals surface area contributed by atoms with Gasteiger partial charge >= 0.3 is 0 Å². The van der Waals surface area contributed by atoms with Crippen LogP contribution in [-0.2, 0) is 13.1 Å². The second kappa shape index (κ2) is 5.67. The van der Waals surface area contributed by atoms with Crippen molar-refractivity contribution in [2.75, 3.05) is 0 Å². The summed E-state index contributed by atoms with van der Waals surface area (Å²) in [6.45, 7) is 6.06. The van der Waals surface area contributed by atoms with E-state index in [-0.39, 0.29) is 0 Å². The smallest absolute Gasteiger partial charge is 0.0408 e. The van der Waals surface area contributed by atoms with E-state index in [1.54, 1.807) is 11.3 Å². The molecule has 0 saturated carbocycles. The Hall–Kier alpha value is -0.830. The molecule has 0 saturated heterocycles. The van der Waals surface area contributed by atoms with Crippen molar-refractivity contribution in [3.05, 3.63) is 56.2 Å². The van der Waals surface area contributed by atoms with Gasteiger partial charge in [0.15, 0.2) is 0 Å². The summed E-state index contributed by atoms with van der Waals surface area (Å²) in [6, 6.07) is 6.04. The first-order valence-electron chi connectivity index (χ1n) is 5.64. The van der Waals surface area contributed by atoms with Crippen LogP contribution in [0.15, 0.2) is 29.0 Å². The average molecular weight is 266 g/mol. The van der Waals surface area contributed by atoms with Gasteiger partial charge in [-0.3, -0.25) is 0 Å². The lowest BCUT2D eigenvalue weighted by atomic mass is 10.1. The largest absolute Gasteiger partial charge is 0.309 e. The minimum atomic E-state index is 0.805. The Labute approximate surface area is 111 Å². The lowest BCUT2D eigenvalue weighted by Crippen LogP contribution is -2.13. The Kier molecular flexibility index (Phi) is 4.21. The molecular weight excluding hydrogens is 250 g/mol. The van der Waals surface area contributed by atoms with Crippen LogP contribution in [0.5, 0.6) is 0 Å². The molecule has 0 aliphatic heterocycles. The number of rotatable bonds is 4. The summed E-state index contributed by atoms with van der Waals surface area (Å²) in [5.74, 6) is 0. The van der Waals surface area contributed by atoms with Crippen LogP contribution in [0, 0.1) is 13.8 Å². The first-order chi connectivity index (χ1) is 8.16. The maximum Gasteiger partial charge on any atom is 0.0408 e. The summed E-state index contributed by atoms with van der Waals surface area (Å²) < 4.78 is 0. The number of aryl methyl sites for hydroxylation is 2. The minimum absolute atomic E-state index is 0.805. The molecule has 1 nitrogen and oxygen atoms in total. The molecule has 0 amide bonds. The van der Waals surface area contributed by atoms with Crippen LogP contribution in [0.2, 0.25) is 5.02 Å².